The van der Waals surface area contributed by atoms with Gasteiger partial charge in [0.1, 0.15) is 11.4 Å². The van der Waals surface area contributed by atoms with E-state index >= 15 is 0 Å². The van der Waals surface area contributed by atoms with Gasteiger partial charge in [0, 0.05) is 38.1 Å². The average Bonchev–Trinajstić information content (AvgIpc) is 2.55. The molecule has 1 saturated heterocycles. The molecule has 3 rings (SSSR count). The number of rotatable bonds is 3. The maximum absolute atomic E-state index is 12.3. The monoisotopic (exact) mass is 361 g/mol. The molecule has 0 spiro atoms. The molecule has 142 valence electrons. The lowest BCUT2D eigenvalue weighted by Crippen LogP contribution is -2.47. The Hall–Kier alpha value is -2.28. The number of carbonyl (C=O) groups is 2. The van der Waals surface area contributed by atoms with E-state index in [1.165, 1.54) is 6.92 Å². The highest BCUT2D eigenvalue weighted by Crippen LogP contribution is 2.44. The number of ether oxygens (including phenoxy) is 1. The van der Waals surface area contributed by atoms with Crippen molar-refractivity contribution >= 4 is 23.2 Å². The van der Waals surface area contributed by atoms with E-state index in [0.29, 0.717) is 23.5 Å². The summed E-state index contributed by atoms with van der Waals surface area (Å²) in [6.07, 6.45) is 2.85. The minimum Gasteiger partial charge on any atom is -0.485 e. The summed E-state index contributed by atoms with van der Waals surface area (Å²) < 4.78 is 6.04. The van der Waals surface area contributed by atoms with E-state index in [-0.39, 0.29) is 11.5 Å². The Kier molecular flexibility index (Phi) is 4.84. The number of hydrogen-bond acceptors (Lipinski definition) is 5. The highest BCUT2D eigenvalue weighted by molar-refractivity contribution is 6.08. The Bertz CT molecular complexity index is 739. The van der Waals surface area contributed by atoms with Crippen LogP contribution in [0.5, 0.6) is 5.75 Å². The number of aliphatic hydroxyl groups is 1. The summed E-state index contributed by atoms with van der Waals surface area (Å²) in [4.78, 5) is 26.1. The van der Waals surface area contributed by atoms with Crippen LogP contribution in [0.4, 0.5) is 11.4 Å². The van der Waals surface area contributed by atoms with Gasteiger partial charge in [0.2, 0.25) is 5.91 Å². The van der Waals surface area contributed by atoms with Gasteiger partial charge >= 0.3 is 0 Å². The number of nitrogens with one attached hydrogen (secondary N) is 1. The Balaban J connectivity index is 2.23. The van der Waals surface area contributed by atoms with E-state index in [1.54, 1.807) is 6.07 Å². The molecule has 0 radical (unpaired) electrons. The normalized spacial score (nSPS) is 21.5. The number of carbonyl (C=O) groups excluding carboxylic acids is 2. The van der Waals surface area contributed by atoms with Gasteiger partial charge in [-0.3, -0.25) is 9.59 Å². The van der Waals surface area contributed by atoms with E-state index in [1.807, 2.05) is 13.8 Å². The lowest BCUT2D eigenvalue weighted by molar-refractivity contribution is -0.114. The van der Waals surface area contributed by atoms with Crippen molar-refractivity contribution in [1.82, 2.24) is 0 Å². The number of amides is 2. The lowest BCUT2D eigenvalue weighted by Gasteiger charge is -2.41. The van der Waals surface area contributed by atoms with Crippen LogP contribution >= 0.6 is 0 Å². The topological polar surface area (TPSA) is 105 Å². The van der Waals surface area contributed by atoms with Crippen molar-refractivity contribution in [2.75, 3.05) is 23.3 Å². The Morgan fingerprint density at radius 2 is 1.96 bits per heavy atom. The van der Waals surface area contributed by atoms with Crippen LogP contribution in [0.1, 0.15) is 56.0 Å². The van der Waals surface area contributed by atoms with Crippen LogP contribution in [0.2, 0.25) is 0 Å². The first-order valence-electron chi connectivity index (χ1n) is 9.10. The molecular weight excluding hydrogens is 334 g/mol. The molecule has 7 heteroatoms. The molecule has 4 N–H and O–H groups in total. The van der Waals surface area contributed by atoms with E-state index in [2.05, 4.69) is 10.2 Å². The highest BCUT2D eigenvalue weighted by atomic mass is 16.5. The number of piperidine rings is 1. The second-order valence-corrected chi connectivity index (χ2v) is 7.64. The first-order chi connectivity index (χ1) is 12.2. The average molecular weight is 361 g/mol. The van der Waals surface area contributed by atoms with E-state index < -0.39 is 17.6 Å². The van der Waals surface area contributed by atoms with Gasteiger partial charge in [-0.05, 0) is 33.1 Å². The van der Waals surface area contributed by atoms with Gasteiger partial charge < -0.3 is 25.8 Å². The van der Waals surface area contributed by atoms with Gasteiger partial charge in [-0.25, -0.2) is 0 Å². The fourth-order valence-electron chi connectivity index (χ4n) is 3.77. The van der Waals surface area contributed by atoms with E-state index in [9.17, 15) is 14.7 Å². The van der Waals surface area contributed by atoms with Crippen molar-refractivity contribution in [3.63, 3.8) is 0 Å². The van der Waals surface area contributed by atoms with Gasteiger partial charge in [-0.1, -0.05) is 0 Å². The molecule has 7 nitrogen and oxygen atoms in total. The Labute approximate surface area is 153 Å². The number of nitrogens with zero attached hydrogens (tertiary/aromatic N) is 1. The summed E-state index contributed by atoms with van der Waals surface area (Å²) in [5.74, 6) is -0.307. The number of benzene rings is 1. The number of fused-ring (bicyclic) bond motifs is 1. The predicted molar refractivity (Wildman–Crippen MR) is 99.7 cm³/mol. The van der Waals surface area contributed by atoms with Crippen LogP contribution in [0.25, 0.3) is 0 Å². The molecule has 0 saturated carbocycles. The van der Waals surface area contributed by atoms with Crippen molar-refractivity contribution in [3.8, 4) is 5.75 Å². The summed E-state index contributed by atoms with van der Waals surface area (Å²) >= 11 is 0. The van der Waals surface area contributed by atoms with Gasteiger partial charge in [-0.2, -0.15) is 0 Å². The predicted octanol–water partition coefficient (Wildman–Crippen LogP) is 1.81. The summed E-state index contributed by atoms with van der Waals surface area (Å²) in [5.41, 5.74) is 7.06. The molecule has 2 aliphatic heterocycles. The number of nitrogens with two attached hydrogens (primary N) is 1. The third-order valence-electron chi connectivity index (χ3n) is 5.17. The molecule has 2 aliphatic rings. The van der Waals surface area contributed by atoms with Crippen LogP contribution in [0, 0.1) is 0 Å². The first kappa shape index (κ1) is 18.5. The highest BCUT2D eigenvalue weighted by Gasteiger charge is 2.39. The molecule has 0 aromatic heterocycles. The Morgan fingerprint density at radius 1 is 1.31 bits per heavy atom. The molecule has 1 aromatic carbocycles. The fraction of sp³-hybridized carbons (Fsp3) is 0.579. The van der Waals surface area contributed by atoms with Crippen molar-refractivity contribution in [2.45, 2.75) is 58.2 Å². The summed E-state index contributed by atoms with van der Waals surface area (Å²) in [5, 5.41) is 13.2. The van der Waals surface area contributed by atoms with Crippen molar-refractivity contribution in [2.24, 2.45) is 5.73 Å². The third-order valence-corrected chi connectivity index (χ3v) is 5.17. The van der Waals surface area contributed by atoms with E-state index in [4.69, 9.17) is 10.5 Å². The van der Waals surface area contributed by atoms with Crippen molar-refractivity contribution < 1.29 is 19.4 Å². The van der Waals surface area contributed by atoms with Gasteiger partial charge in [0.25, 0.3) is 5.91 Å². The standard InChI is InChI=1S/C19H27N3O4/c1-11(23)21-13-10-14-12(9-15(24)19(2,3)26-14)17(16(13)18(20)25)22-7-5-4-6-8-22/h10,15,24H,4-9H2,1-3H3,(H2,20,25)(H,21,23)/t15-/m0/s1. The molecular formula is C19H27N3O4. The molecule has 2 amide bonds. The SMILES string of the molecule is CC(=O)Nc1cc2c(c(N3CCCCC3)c1C(N)=O)C[C@H](O)C(C)(C)O2. The van der Waals surface area contributed by atoms with Gasteiger partial charge in [-0.15, -0.1) is 0 Å². The van der Waals surface area contributed by atoms with Crippen LogP contribution in [-0.2, 0) is 11.2 Å². The molecule has 0 bridgehead atoms. The van der Waals surface area contributed by atoms with E-state index in [0.717, 1.165) is 37.9 Å². The smallest absolute Gasteiger partial charge is 0.252 e. The third kappa shape index (κ3) is 3.35. The van der Waals surface area contributed by atoms with Crippen molar-refractivity contribution in [3.05, 3.63) is 17.2 Å². The first-order valence-corrected chi connectivity index (χ1v) is 9.10. The van der Waals surface area contributed by atoms with Crippen LogP contribution in [0.3, 0.4) is 0 Å². The zero-order chi connectivity index (χ0) is 19.1. The summed E-state index contributed by atoms with van der Waals surface area (Å²) in [6, 6.07) is 1.65. The lowest BCUT2D eigenvalue weighted by atomic mass is 9.87. The molecule has 2 heterocycles. The second kappa shape index (κ2) is 6.79. The second-order valence-electron chi connectivity index (χ2n) is 7.64. The maximum atomic E-state index is 12.3. The zero-order valence-corrected chi connectivity index (χ0v) is 15.6. The van der Waals surface area contributed by atoms with Crippen LogP contribution in [-0.4, -0.2) is 41.7 Å². The quantitative estimate of drug-likeness (QED) is 0.761. The van der Waals surface area contributed by atoms with Crippen molar-refractivity contribution in [1.29, 1.82) is 0 Å². The fourth-order valence-corrected chi connectivity index (χ4v) is 3.77. The number of aliphatic hydroxyl groups excluding tert-OH is 1. The minimum absolute atomic E-state index is 0.285. The summed E-state index contributed by atoms with van der Waals surface area (Å²) in [6.45, 7) is 6.63. The number of primary amides is 1. The molecule has 1 atom stereocenters. The van der Waals surface area contributed by atoms with Gasteiger partial charge in [0.15, 0.2) is 0 Å². The molecule has 1 aromatic rings. The number of anilines is 2. The zero-order valence-electron chi connectivity index (χ0n) is 15.6. The molecule has 26 heavy (non-hydrogen) atoms. The van der Waals surface area contributed by atoms with Gasteiger partial charge in [0.05, 0.1) is 23.0 Å². The largest absolute Gasteiger partial charge is 0.485 e. The molecule has 0 aliphatic carbocycles. The molecule has 1 fully saturated rings. The summed E-state index contributed by atoms with van der Waals surface area (Å²) in [7, 11) is 0. The van der Waals surface area contributed by atoms with Crippen LogP contribution in [0.15, 0.2) is 6.07 Å². The molecule has 0 unspecified atom stereocenters. The van der Waals surface area contributed by atoms with Crippen LogP contribution < -0.4 is 20.7 Å². The maximum Gasteiger partial charge on any atom is 0.252 e. The Morgan fingerprint density at radius 3 is 2.54 bits per heavy atom. The minimum atomic E-state index is -0.756. The number of hydrogen-bond donors (Lipinski definition) is 3.